The molecule has 0 radical (unpaired) electrons. The molecule has 264 valence electrons. The van der Waals surface area contributed by atoms with Crippen LogP contribution in [0.2, 0.25) is 0 Å². The van der Waals surface area contributed by atoms with Gasteiger partial charge in [0.15, 0.2) is 6.29 Å². The van der Waals surface area contributed by atoms with E-state index in [0.29, 0.717) is 112 Å². The van der Waals surface area contributed by atoms with Crippen LogP contribution in [0, 0.1) is 20.2 Å². The van der Waals surface area contributed by atoms with Crippen LogP contribution in [0.4, 0.5) is 17.1 Å². The maximum atomic E-state index is 11.1. The molecule has 0 spiro atoms. The van der Waals surface area contributed by atoms with Gasteiger partial charge in [-0.3, -0.25) is 20.2 Å². The molecule has 0 bridgehead atoms. The molecule has 46 heavy (non-hydrogen) atoms. The smallest absolute Gasteiger partial charge is 0.299 e. The molecule has 0 saturated carbocycles. The van der Waals surface area contributed by atoms with Gasteiger partial charge in [0.1, 0.15) is 5.69 Å². The summed E-state index contributed by atoms with van der Waals surface area (Å²) in [5.41, 5.74) is -0.519. The first-order valence-corrected chi connectivity index (χ1v) is 15.6. The summed E-state index contributed by atoms with van der Waals surface area (Å²) in [6.45, 7) is 8.75. The van der Waals surface area contributed by atoms with E-state index in [0.717, 1.165) is 31.9 Å². The van der Waals surface area contributed by atoms with Gasteiger partial charge < -0.3 is 52.7 Å². The van der Waals surface area contributed by atoms with Crippen LogP contribution >= 0.6 is 0 Å². The number of non-ortho nitro benzene ring substituents is 1. The van der Waals surface area contributed by atoms with Crippen molar-refractivity contribution in [1.82, 2.24) is 0 Å². The third-order valence-corrected chi connectivity index (χ3v) is 6.22. The Hall–Kier alpha value is -2.58. The standard InChI is InChI=1S/C29H49N3O14/c33-31(34)26-4-5-27(28(25-26)32(35)36)30-6-8-37-9-10-38-11-12-39-13-14-40-15-16-41-17-18-42-19-20-43-21-22-44-23-24-46-29-3-1-2-7-45-29/h4-5,25,29-30H,1-3,6-24H2. The monoisotopic (exact) mass is 663 g/mol. The number of rotatable bonds is 31. The summed E-state index contributed by atoms with van der Waals surface area (Å²) in [7, 11) is 0. The van der Waals surface area contributed by atoms with Crippen molar-refractivity contribution in [3.63, 3.8) is 0 Å². The van der Waals surface area contributed by atoms with E-state index in [1.165, 1.54) is 12.1 Å². The van der Waals surface area contributed by atoms with Gasteiger partial charge in [0.2, 0.25) is 0 Å². The van der Waals surface area contributed by atoms with E-state index < -0.39 is 9.85 Å². The molecule has 1 N–H and O–H groups in total. The average Bonchev–Trinajstić information content (AvgIpc) is 3.06. The predicted molar refractivity (Wildman–Crippen MR) is 164 cm³/mol. The van der Waals surface area contributed by atoms with E-state index in [-0.39, 0.29) is 30.0 Å². The molecular weight excluding hydrogens is 614 g/mol. The largest absolute Gasteiger partial charge is 0.377 e. The van der Waals surface area contributed by atoms with Crippen molar-refractivity contribution < 1.29 is 57.2 Å². The Bertz CT molecular complexity index is 923. The summed E-state index contributed by atoms with van der Waals surface area (Å²) >= 11 is 0. The summed E-state index contributed by atoms with van der Waals surface area (Å²) in [5, 5.41) is 24.8. The molecule has 1 aromatic rings. The molecule has 0 aliphatic carbocycles. The molecule has 1 atom stereocenters. The van der Waals surface area contributed by atoms with Crippen LogP contribution in [0.15, 0.2) is 18.2 Å². The first kappa shape index (κ1) is 39.6. The normalized spacial score (nSPS) is 14.8. The Labute approximate surface area is 269 Å². The lowest BCUT2D eigenvalue weighted by Crippen LogP contribution is -2.24. The highest BCUT2D eigenvalue weighted by molar-refractivity contribution is 5.65. The van der Waals surface area contributed by atoms with Gasteiger partial charge in [-0.05, 0) is 25.3 Å². The van der Waals surface area contributed by atoms with Crippen molar-refractivity contribution in [2.45, 2.75) is 25.6 Å². The number of ether oxygens (including phenoxy) is 10. The Balaban J connectivity index is 1.22. The van der Waals surface area contributed by atoms with Gasteiger partial charge in [-0.15, -0.1) is 0 Å². The number of nitrogens with zero attached hydrogens (tertiary/aromatic N) is 2. The zero-order valence-corrected chi connectivity index (χ0v) is 26.5. The second kappa shape index (κ2) is 27.5. The Morgan fingerprint density at radius 3 is 1.50 bits per heavy atom. The quantitative estimate of drug-likeness (QED) is 0.0692. The number of benzene rings is 1. The van der Waals surface area contributed by atoms with Crippen LogP contribution in [0.5, 0.6) is 0 Å². The van der Waals surface area contributed by atoms with E-state index >= 15 is 0 Å². The molecule has 17 heteroatoms. The highest BCUT2D eigenvalue weighted by atomic mass is 16.7. The van der Waals surface area contributed by atoms with Crippen molar-refractivity contribution in [3.8, 4) is 0 Å². The van der Waals surface area contributed by atoms with Crippen LogP contribution in [0.1, 0.15) is 19.3 Å². The fraction of sp³-hybridized carbons (Fsp3) is 0.793. The molecule has 1 saturated heterocycles. The second-order valence-electron chi connectivity index (χ2n) is 9.71. The lowest BCUT2D eigenvalue weighted by Gasteiger charge is -2.22. The number of hydrogen-bond acceptors (Lipinski definition) is 15. The van der Waals surface area contributed by atoms with E-state index in [4.69, 9.17) is 47.4 Å². The van der Waals surface area contributed by atoms with Gasteiger partial charge >= 0.3 is 0 Å². The van der Waals surface area contributed by atoms with Crippen molar-refractivity contribution in [3.05, 3.63) is 38.4 Å². The van der Waals surface area contributed by atoms with E-state index in [2.05, 4.69) is 5.32 Å². The van der Waals surface area contributed by atoms with E-state index in [1.807, 2.05) is 0 Å². The number of hydrogen-bond donors (Lipinski definition) is 1. The average molecular weight is 664 g/mol. The number of nitro groups is 2. The van der Waals surface area contributed by atoms with Gasteiger partial charge in [-0.1, -0.05) is 0 Å². The molecule has 1 aliphatic rings. The fourth-order valence-corrected chi connectivity index (χ4v) is 3.91. The number of nitrogens with one attached hydrogen (secondary N) is 1. The molecule has 0 aromatic heterocycles. The minimum atomic E-state index is -0.680. The third-order valence-electron chi connectivity index (χ3n) is 6.22. The minimum Gasteiger partial charge on any atom is -0.377 e. The minimum absolute atomic E-state index is 0.0810. The highest BCUT2D eigenvalue weighted by Gasteiger charge is 2.19. The predicted octanol–water partition coefficient (Wildman–Crippen LogP) is 2.59. The first-order chi connectivity index (χ1) is 22.6. The summed E-state index contributed by atoms with van der Waals surface area (Å²) in [5.74, 6) is 0. The number of nitro benzene ring substituents is 2. The van der Waals surface area contributed by atoms with Crippen LogP contribution in [0.25, 0.3) is 0 Å². The van der Waals surface area contributed by atoms with Crippen molar-refractivity contribution in [2.24, 2.45) is 0 Å². The molecule has 1 unspecified atom stereocenters. The molecule has 1 heterocycles. The Kier molecular flexibility index (Phi) is 23.7. The van der Waals surface area contributed by atoms with Gasteiger partial charge in [0.25, 0.3) is 11.4 Å². The molecule has 17 nitrogen and oxygen atoms in total. The molecule has 1 fully saturated rings. The Morgan fingerprint density at radius 1 is 0.630 bits per heavy atom. The molecule has 1 aromatic carbocycles. The summed E-state index contributed by atoms with van der Waals surface area (Å²) < 4.78 is 54.7. The lowest BCUT2D eigenvalue weighted by molar-refractivity contribution is -0.393. The highest BCUT2D eigenvalue weighted by Crippen LogP contribution is 2.28. The maximum Gasteiger partial charge on any atom is 0.299 e. The molecule has 0 amide bonds. The first-order valence-electron chi connectivity index (χ1n) is 15.6. The van der Waals surface area contributed by atoms with Crippen LogP contribution in [-0.2, 0) is 47.4 Å². The van der Waals surface area contributed by atoms with Gasteiger partial charge in [0, 0.05) is 19.2 Å². The van der Waals surface area contributed by atoms with E-state index in [9.17, 15) is 20.2 Å². The SMILES string of the molecule is O=[N+]([O-])c1ccc(NCCOCCOCCOCCOCCOCCOCCOCCOCCOC2CCCCO2)c([N+](=O)[O-])c1. The van der Waals surface area contributed by atoms with Crippen molar-refractivity contribution in [2.75, 3.05) is 131 Å². The third kappa shape index (κ3) is 20.5. The maximum absolute atomic E-state index is 11.1. The van der Waals surface area contributed by atoms with Crippen molar-refractivity contribution >= 4 is 17.1 Å². The second-order valence-corrected chi connectivity index (χ2v) is 9.71. The lowest BCUT2D eigenvalue weighted by atomic mass is 10.2. The van der Waals surface area contributed by atoms with Gasteiger partial charge in [-0.2, -0.15) is 0 Å². The Morgan fingerprint density at radius 2 is 1.09 bits per heavy atom. The summed E-state index contributed by atoms with van der Waals surface area (Å²) in [6.07, 6.45) is 3.14. The van der Waals surface area contributed by atoms with Gasteiger partial charge in [-0.25, -0.2) is 0 Å². The summed E-state index contributed by atoms with van der Waals surface area (Å²) in [6, 6.07) is 3.43. The van der Waals surface area contributed by atoms with Crippen LogP contribution in [0.3, 0.4) is 0 Å². The topological polar surface area (TPSA) is 191 Å². The van der Waals surface area contributed by atoms with Crippen LogP contribution < -0.4 is 5.32 Å². The fourth-order valence-electron chi connectivity index (χ4n) is 3.91. The zero-order valence-electron chi connectivity index (χ0n) is 26.5. The molecule has 1 aliphatic heterocycles. The van der Waals surface area contributed by atoms with Crippen LogP contribution in [-0.4, -0.2) is 142 Å². The molecular formula is C29H49N3O14. The van der Waals surface area contributed by atoms with Crippen molar-refractivity contribution in [1.29, 1.82) is 0 Å². The summed E-state index contributed by atoms with van der Waals surface area (Å²) in [4.78, 5) is 20.6. The van der Waals surface area contributed by atoms with E-state index in [1.54, 1.807) is 0 Å². The number of anilines is 1. The molecule has 2 rings (SSSR count). The zero-order chi connectivity index (χ0) is 32.9. The van der Waals surface area contributed by atoms with Gasteiger partial charge in [0.05, 0.1) is 128 Å².